The summed E-state index contributed by atoms with van der Waals surface area (Å²) in [5.74, 6) is 1.53. The first-order chi connectivity index (χ1) is 12.2. The Morgan fingerprint density at radius 3 is 2.48 bits per heavy atom. The first-order valence-electron chi connectivity index (χ1n) is 8.55. The summed E-state index contributed by atoms with van der Waals surface area (Å²) in [6.07, 6.45) is 7.39. The number of hydrogen-bond donors (Lipinski definition) is 2. The molecule has 25 heavy (non-hydrogen) atoms. The first kappa shape index (κ1) is 19.2. The smallest absolute Gasteiger partial charge is 0.229 e. The fraction of sp³-hybridized carbons (Fsp3) is 0.500. The average Bonchev–Trinajstić information content (AvgIpc) is 2.89. The summed E-state index contributed by atoms with van der Waals surface area (Å²) in [6, 6.07) is 5.78. The van der Waals surface area contributed by atoms with E-state index in [4.69, 9.17) is 16.3 Å². The zero-order chi connectivity index (χ0) is 18.1. The van der Waals surface area contributed by atoms with Gasteiger partial charge in [0, 0.05) is 18.8 Å². The van der Waals surface area contributed by atoms with E-state index in [1.54, 1.807) is 26.3 Å². The van der Waals surface area contributed by atoms with E-state index in [1.165, 1.54) is 25.7 Å². The van der Waals surface area contributed by atoms with Crippen molar-refractivity contribution >= 4 is 35.9 Å². The van der Waals surface area contributed by atoms with E-state index in [0.717, 1.165) is 18.5 Å². The molecule has 7 heteroatoms. The van der Waals surface area contributed by atoms with Gasteiger partial charge in [-0.1, -0.05) is 37.3 Å². The van der Waals surface area contributed by atoms with Gasteiger partial charge < -0.3 is 15.4 Å². The predicted molar refractivity (Wildman–Crippen MR) is 107 cm³/mol. The van der Waals surface area contributed by atoms with Gasteiger partial charge in [0.25, 0.3) is 0 Å². The van der Waals surface area contributed by atoms with E-state index in [1.807, 2.05) is 6.07 Å². The molecule has 1 aliphatic carbocycles. The fourth-order valence-corrected chi connectivity index (χ4v) is 3.09. The lowest BCUT2D eigenvalue weighted by molar-refractivity contribution is 0.415. The minimum atomic E-state index is 0.364. The Hall–Kier alpha value is -2.08. The zero-order valence-electron chi connectivity index (χ0n) is 14.9. The molecule has 0 atom stereocenters. The second kappa shape index (κ2) is 10.0. The molecule has 0 amide bonds. The predicted octanol–water partition coefficient (Wildman–Crippen LogP) is 4.12. The third-order valence-electron chi connectivity index (χ3n) is 4.17. The highest BCUT2D eigenvalue weighted by molar-refractivity contribution is 6.32. The number of hydrogen-bond acceptors (Lipinski definition) is 2. The molecule has 2 N–H and O–H groups in total. The Morgan fingerprint density at radius 2 is 1.92 bits per heavy atom. The van der Waals surface area contributed by atoms with Crippen molar-refractivity contribution in [2.45, 2.75) is 44.6 Å². The van der Waals surface area contributed by atoms with Crippen LogP contribution >= 0.6 is 11.6 Å². The Labute approximate surface area is 154 Å². The molecule has 1 aromatic rings. The number of ether oxygens (including phenoxy) is 1. The second-order valence-electron chi connectivity index (χ2n) is 5.95. The van der Waals surface area contributed by atoms with E-state index in [2.05, 4.69) is 32.3 Å². The summed E-state index contributed by atoms with van der Waals surface area (Å²) < 4.78 is 5.15. The number of methoxy groups -OCH3 is 1. The number of guanidine groups is 2. The van der Waals surface area contributed by atoms with E-state index in [9.17, 15) is 0 Å². The van der Waals surface area contributed by atoms with Gasteiger partial charge >= 0.3 is 0 Å². The van der Waals surface area contributed by atoms with Crippen molar-refractivity contribution < 1.29 is 4.74 Å². The van der Waals surface area contributed by atoms with Crippen molar-refractivity contribution in [3.05, 3.63) is 23.2 Å². The van der Waals surface area contributed by atoms with Crippen molar-refractivity contribution in [3.8, 4) is 5.75 Å². The van der Waals surface area contributed by atoms with E-state index in [-0.39, 0.29) is 0 Å². The molecule has 0 radical (unpaired) electrons. The molecule has 1 fully saturated rings. The standard InChI is InChI=1S/C18H26ClN5O/c1-20-17(22-13-8-6-4-5-7-9-13)24-18(21-2)23-14-10-11-16(25-3)15(19)12-14/h10-13H,2,4-9H2,1,3H3,(H2,20,22,23,24). The molecule has 0 saturated heterocycles. The first-order valence-corrected chi connectivity index (χ1v) is 8.93. The highest BCUT2D eigenvalue weighted by atomic mass is 35.5. The quantitative estimate of drug-likeness (QED) is 0.482. The van der Waals surface area contributed by atoms with Crippen molar-refractivity contribution in [2.75, 3.05) is 19.5 Å². The van der Waals surface area contributed by atoms with Crippen LogP contribution in [0.15, 0.2) is 33.2 Å². The lowest BCUT2D eigenvalue weighted by atomic mass is 10.1. The van der Waals surface area contributed by atoms with E-state index < -0.39 is 0 Å². The maximum Gasteiger partial charge on any atom is 0.229 e. The van der Waals surface area contributed by atoms with Gasteiger partial charge in [-0.05, 0) is 37.8 Å². The Morgan fingerprint density at radius 1 is 1.20 bits per heavy atom. The molecule has 2 rings (SSSR count). The molecule has 1 saturated carbocycles. The second-order valence-corrected chi connectivity index (χ2v) is 6.36. The topological polar surface area (TPSA) is 70.4 Å². The van der Waals surface area contributed by atoms with Gasteiger partial charge in [-0.25, -0.2) is 4.99 Å². The molecular weight excluding hydrogens is 338 g/mol. The number of nitrogens with zero attached hydrogens (tertiary/aromatic N) is 3. The minimum Gasteiger partial charge on any atom is -0.495 e. The SMILES string of the molecule is C=N/C(=N\C(=NC)NC1CCCCCC1)Nc1ccc(OC)c(Cl)c1. The molecule has 0 aromatic heterocycles. The van der Waals surface area contributed by atoms with Gasteiger partial charge in [-0.2, -0.15) is 4.99 Å². The van der Waals surface area contributed by atoms with Crippen LogP contribution < -0.4 is 15.4 Å². The molecule has 1 aromatic carbocycles. The summed E-state index contributed by atoms with van der Waals surface area (Å²) >= 11 is 6.15. The number of nitrogens with one attached hydrogen (secondary N) is 2. The van der Waals surface area contributed by atoms with Crippen LogP contribution in [0.3, 0.4) is 0 Å². The number of rotatable bonds is 3. The third-order valence-corrected chi connectivity index (χ3v) is 4.47. The van der Waals surface area contributed by atoms with Crippen molar-refractivity contribution in [1.29, 1.82) is 0 Å². The lowest BCUT2D eigenvalue weighted by Crippen LogP contribution is -2.34. The number of aliphatic imine (C=N–C) groups is 3. The molecular formula is C18H26ClN5O. The van der Waals surface area contributed by atoms with Crippen LogP contribution in [-0.2, 0) is 0 Å². The number of benzene rings is 1. The van der Waals surface area contributed by atoms with Crippen LogP contribution in [0, 0.1) is 0 Å². The maximum absolute atomic E-state index is 6.15. The summed E-state index contributed by atoms with van der Waals surface area (Å²) in [7, 11) is 3.29. The zero-order valence-corrected chi connectivity index (χ0v) is 15.6. The molecule has 136 valence electrons. The van der Waals surface area contributed by atoms with Crippen LogP contribution in [0.5, 0.6) is 5.75 Å². The molecule has 0 bridgehead atoms. The third kappa shape index (κ3) is 6.05. The monoisotopic (exact) mass is 363 g/mol. The maximum atomic E-state index is 6.15. The Bertz CT molecular complexity index is 636. The number of anilines is 1. The molecule has 0 aliphatic heterocycles. The highest BCUT2D eigenvalue weighted by Gasteiger charge is 2.13. The van der Waals surface area contributed by atoms with Crippen LogP contribution in [-0.4, -0.2) is 38.8 Å². The van der Waals surface area contributed by atoms with Gasteiger partial charge in [0.1, 0.15) is 5.75 Å². The largest absolute Gasteiger partial charge is 0.495 e. The fourth-order valence-electron chi connectivity index (χ4n) is 2.83. The summed E-state index contributed by atoms with van der Waals surface area (Å²) in [6.45, 7) is 3.58. The van der Waals surface area contributed by atoms with Crippen molar-refractivity contribution in [2.24, 2.45) is 15.0 Å². The van der Waals surface area contributed by atoms with Crippen LogP contribution in [0.2, 0.25) is 5.02 Å². The molecule has 1 aliphatic rings. The van der Waals surface area contributed by atoms with Crippen LogP contribution in [0.25, 0.3) is 0 Å². The summed E-state index contributed by atoms with van der Waals surface area (Å²) in [4.78, 5) is 12.6. The lowest BCUT2D eigenvalue weighted by Gasteiger charge is -2.17. The van der Waals surface area contributed by atoms with Crippen molar-refractivity contribution in [1.82, 2.24) is 5.32 Å². The number of halogens is 1. The molecule has 6 nitrogen and oxygen atoms in total. The summed E-state index contributed by atoms with van der Waals surface area (Å²) in [5, 5.41) is 7.02. The van der Waals surface area contributed by atoms with E-state index >= 15 is 0 Å². The van der Waals surface area contributed by atoms with Crippen LogP contribution in [0.1, 0.15) is 38.5 Å². The van der Waals surface area contributed by atoms with Gasteiger partial charge in [-0.3, -0.25) is 4.99 Å². The highest BCUT2D eigenvalue weighted by Crippen LogP contribution is 2.27. The van der Waals surface area contributed by atoms with Gasteiger partial charge in [0.05, 0.1) is 12.1 Å². The van der Waals surface area contributed by atoms with Gasteiger partial charge in [0.2, 0.25) is 11.9 Å². The normalized spacial score (nSPS) is 16.9. The molecule has 0 spiro atoms. The van der Waals surface area contributed by atoms with Crippen molar-refractivity contribution in [3.63, 3.8) is 0 Å². The van der Waals surface area contributed by atoms with Crippen LogP contribution in [0.4, 0.5) is 5.69 Å². The minimum absolute atomic E-state index is 0.364. The van der Waals surface area contributed by atoms with Gasteiger partial charge in [0.15, 0.2) is 0 Å². The van der Waals surface area contributed by atoms with Gasteiger partial charge in [-0.15, -0.1) is 0 Å². The van der Waals surface area contributed by atoms with E-state index in [0.29, 0.717) is 28.7 Å². The Balaban J connectivity index is 2.06. The molecule has 0 heterocycles. The summed E-state index contributed by atoms with van der Waals surface area (Å²) in [5.41, 5.74) is 0.752. The average molecular weight is 364 g/mol. The Kier molecular flexibility index (Phi) is 7.73. The molecule has 0 unspecified atom stereocenters.